The molecule has 0 aliphatic heterocycles. The normalized spacial score (nSPS) is 12.2. The number of thioether (sulfide) groups is 1. The van der Waals surface area contributed by atoms with Crippen LogP contribution < -0.4 is 0 Å². The van der Waals surface area contributed by atoms with Crippen molar-refractivity contribution in [2.24, 2.45) is 0 Å². The highest BCUT2D eigenvalue weighted by Gasteiger charge is 2.19. The highest BCUT2D eigenvalue weighted by molar-refractivity contribution is 7.98. The summed E-state index contributed by atoms with van der Waals surface area (Å²) in [5.74, 6) is 1.48. The van der Waals surface area contributed by atoms with Crippen molar-refractivity contribution in [3.8, 4) is 0 Å². The average Bonchev–Trinajstić information content (AvgIpc) is 2.43. The van der Waals surface area contributed by atoms with Gasteiger partial charge in [-0.05, 0) is 30.4 Å². The number of rotatable bonds is 6. The van der Waals surface area contributed by atoms with Crippen LogP contribution in [-0.4, -0.2) is 35.9 Å². The molecular weight excluding hydrogens is 266 g/mol. The molecular formula is C14H20ClNOS. The Kier molecular flexibility index (Phi) is 6.58. The molecule has 100 valence electrons. The lowest BCUT2D eigenvalue weighted by Gasteiger charge is -2.27. The third kappa shape index (κ3) is 3.92. The fourth-order valence-electron chi connectivity index (χ4n) is 1.85. The third-order valence-electron chi connectivity index (χ3n) is 3.03. The smallest absolute Gasteiger partial charge is 0.253 e. The fourth-order valence-corrected chi connectivity index (χ4v) is 2.86. The first-order valence-corrected chi connectivity index (χ1v) is 7.97. The number of halogens is 1. The van der Waals surface area contributed by atoms with Crippen LogP contribution in [0.2, 0.25) is 0 Å². The minimum Gasteiger partial charge on any atom is -0.338 e. The van der Waals surface area contributed by atoms with Gasteiger partial charge in [0.2, 0.25) is 0 Å². The second-order valence-corrected chi connectivity index (χ2v) is 5.45. The standard InChI is InChI=1S/C14H20ClNOS/c1-4-13(10-18-3)16(2)14(17)12-7-5-6-11(8-12)9-15/h5-8,13H,4,9-10H2,1-3H3. The summed E-state index contributed by atoms with van der Waals surface area (Å²) < 4.78 is 0. The Hall–Kier alpha value is -0.670. The van der Waals surface area contributed by atoms with E-state index in [9.17, 15) is 4.79 Å². The summed E-state index contributed by atoms with van der Waals surface area (Å²) in [6, 6.07) is 7.82. The molecule has 18 heavy (non-hydrogen) atoms. The van der Waals surface area contributed by atoms with Gasteiger partial charge >= 0.3 is 0 Å². The molecule has 0 radical (unpaired) electrons. The van der Waals surface area contributed by atoms with Crippen LogP contribution in [0.4, 0.5) is 0 Å². The molecule has 0 aliphatic rings. The van der Waals surface area contributed by atoms with Crippen molar-refractivity contribution in [3.05, 3.63) is 35.4 Å². The highest BCUT2D eigenvalue weighted by atomic mass is 35.5. The summed E-state index contributed by atoms with van der Waals surface area (Å²) in [5, 5.41) is 0. The largest absolute Gasteiger partial charge is 0.338 e. The van der Waals surface area contributed by atoms with E-state index in [2.05, 4.69) is 13.2 Å². The number of alkyl halides is 1. The van der Waals surface area contributed by atoms with Crippen molar-refractivity contribution in [3.63, 3.8) is 0 Å². The maximum Gasteiger partial charge on any atom is 0.253 e. The second-order valence-electron chi connectivity index (χ2n) is 4.27. The molecule has 1 unspecified atom stereocenters. The Bertz CT molecular complexity index is 397. The third-order valence-corrected chi connectivity index (χ3v) is 4.05. The number of hydrogen-bond acceptors (Lipinski definition) is 2. The van der Waals surface area contributed by atoms with Crippen LogP contribution in [0, 0.1) is 0 Å². The van der Waals surface area contributed by atoms with Crippen molar-refractivity contribution < 1.29 is 4.79 Å². The molecule has 1 aromatic rings. The van der Waals surface area contributed by atoms with Gasteiger partial charge in [0.1, 0.15) is 0 Å². The zero-order valence-corrected chi connectivity index (χ0v) is 12.7. The maximum atomic E-state index is 12.4. The van der Waals surface area contributed by atoms with Crippen LogP contribution in [-0.2, 0) is 5.88 Å². The van der Waals surface area contributed by atoms with Crippen LogP contribution in [0.1, 0.15) is 29.3 Å². The van der Waals surface area contributed by atoms with Gasteiger partial charge in [0.15, 0.2) is 0 Å². The van der Waals surface area contributed by atoms with Crippen LogP contribution >= 0.6 is 23.4 Å². The molecule has 0 bridgehead atoms. The van der Waals surface area contributed by atoms with Crippen molar-refractivity contribution in [2.75, 3.05) is 19.1 Å². The van der Waals surface area contributed by atoms with Gasteiger partial charge in [-0.1, -0.05) is 19.1 Å². The molecule has 0 N–H and O–H groups in total. The number of hydrogen-bond donors (Lipinski definition) is 0. The summed E-state index contributed by atoms with van der Waals surface area (Å²) >= 11 is 7.56. The molecule has 2 nitrogen and oxygen atoms in total. The van der Waals surface area contributed by atoms with E-state index in [-0.39, 0.29) is 11.9 Å². The Morgan fingerprint density at radius 3 is 2.78 bits per heavy atom. The van der Waals surface area contributed by atoms with Gasteiger partial charge in [-0.3, -0.25) is 4.79 Å². The monoisotopic (exact) mass is 285 g/mol. The van der Waals surface area contributed by atoms with Gasteiger partial charge < -0.3 is 4.90 Å². The molecule has 0 saturated carbocycles. The summed E-state index contributed by atoms with van der Waals surface area (Å²) in [6.07, 6.45) is 3.04. The van der Waals surface area contributed by atoms with Crippen molar-refractivity contribution in [1.29, 1.82) is 0 Å². The number of benzene rings is 1. The van der Waals surface area contributed by atoms with E-state index >= 15 is 0 Å². The molecule has 4 heteroatoms. The number of amides is 1. The molecule has 0 heterocycles. The number of carbonyl (C=O) groups is 1. The molecule has 0 fully saturated rings. The molecule has 0 aromatic heterocycles. The Labute approximate surface area is 119 Å². The van der Waals surface area contributed by atoms with Gasteiger partial charge in [0.25, 0.3) is 5.91 Å². The molecule has 1 rings (SSSR count). The highest BCUT2D eigenvalue weighted by Crippen LogP contribution is 2.14. The predicted octanol–water partition coefficient (Wildman–Crippen LogP) is 3.64. The van der Waals surface area contributed by atoms with E-state index in [0.29, 0.717) is 5.88 Å². The van der Waals surface area contributed by atoms with E-state index in [1.807, 2.05) is 36.2 Å². The predicted molar refractivity (Wildman–Crippen MR) is 80.6 cm³/mol. The maximum absolute atomic E-state index is 12.4. The average molecular weight is 286 g/mol. The van der Waals surface area contributed by atoms with Crippen molar-refractivity contribution in [2.45, 2.75) is 25.3 Å². The lowest BCUT2D eigenvalue weighted by atomic mass is 10.1. The minimum atomic E-state index is 0.0721. The van der Waals surface area contributed by atoms with Crippen LogP contribution in [0.15, 0.2) is 24.3 Å². The van der Waals surface area contributed by atoms with Crippen LogP contribution in [0.3, 0.4) is 0 Å². The van der Waals surface area contributed by atoms with E-state index < -0.39 is 0 Å². The minimum absolute atomic E-state index is 0.0721. The first-order valence-electron chi connectivity index (χ1n) is 6.05. The van der Waals surface area contributed by atoms with Gasteiger partial charge in [-0.15, -0.1) is 11.6 Å². The lowest BCUT2D eigenvalue weighted by molar-refractivity contribution is 0.0743. The molecule has 1 atom stereocenters. The van der Waals surface area contributed by atoms with Crippen molar-refractivity contribution in [1.82, 2.24) is 4.90 Å². The molecule has 0 saturated heterocycles. The molecule has 0 spiro atoms. The number of carbonyl (C=O) groups excluding carboxylic acids is 1. The second kappa shape index (κ2) is 7.70. The Morgan fingerprint density at radius 1 is 1.50 bits per heavy atom. The molecule has 1 aromatic carbocycles. The summed E-state index contributed by atoms with van der Waals surface area (Å²) in [4.78, 5) is 14.2. The first kappa shape index (κ1) is 15.4. The topological polar surface area (TPSA) is 20.3 Å². The fraction of sp³-hybridized carbons (Fsp3) is 0.500. The van der Waals surface area contributed by atoms with Gasteiger partial charge in [-0.2, -0.15) is 11.8 Å². The quantitative estimate of drug-likeness (QED) is 0.744. The van der Waals surface area contributed by atoms with E-state index in [4.69, 9.17) is 11.6 Å². The van der Waals surface area contributed by atoms with E-state index in [1.54, 1.807) is 11.8 Å². The lowest BCUT2D eigenvalue weighted by Crippen LogP contribution is -2.38. The first-order chi connectivity index (χ1) is 8.63. The SMILES string of the molecule is CCC(CSC)N(C)C(=O)c1cccc(CCl)c1. The van der Waals surface area contributed by atoms with Gasteiger partial charge in [-0.25, -0.2) is 0 Å². The molecule has 0 aliphatic carbocycles. The number of nitrogens with zero attached hydrogens (tertiary/aromatic N) is 1. The van der Waals surface area contributed by atoms with Gasteiger partial charge in [0, 0.05) is 30.3 Å². The molecule has 1 amide bonds. The van der Waals surface area contributed by atoms with E-state index in [0.717, 1.165) is 23.3 Å². The van der Waals surface area contributed by atoms with Crippen LogP contribution in [0.25, 0.3) is 0 Å². The van der Waals surface area contributed by atoms with E-state index in [1.165, 1.54) is 0 Å². The van der Waals surface area contributed by atoms with Crippen molar-refractivity contribution >= 4 is 29.3 Å². The van der Waals surface area contributed by atoms with Crippen LogP contribution in [0.5, 0.6) is 0 Å². The zero-order chi connectivity index (χ0) is 13.5. The summed E-state index contributed by atoms with van der Waals surface area (Å²) in [6.45, 7) is 2.11. The Balaban J connectivity index is 2.84. The summed E-state index contributed by atoms with van der Waals surface area (Å²) in [7, 11) is 1.88. The zero-order valence-electron chi connectivity index (χ0n) is 11.1. The summed E-state index contributed by atoms with van der Waals surface area (Å²) in [5.41, 5.74) is 1.70. The van der Waals surface area contributed by atoms with Gasteiger partial charge in [0.05, 0.1) is 0 Å². The Morgan fingerprint density at radius 2 is 2.22 bits per heavy atom.